The molecule has 0 amide bonds. The summed E-state index contributed by atoms with van der Waals surface area (Å²) in [6.45, 7) is 6.62. The van der Waals surface area contributed by atoms with Crippen LogP contribution in [-0.4, -0.2) is 4.98 Å². The maximum Gasteiger partial charge on any atom is 0.123 e. The Kier molecular flexibility index (Phi) is 3.24. The minimum atomic E-state index is 0.182. The van der Waals surface area contributed by atoms with Gasteiger partial charge in [0, 0.05) is 5.69 Å². The topological polar surface area (TPSA) is 50.9 Å². The molecule has 0 atom stereocenters. The van der Waals surface area contributed by atoms with E-state index in [9.17, 15) is 0 Å². The first kappa shape index (κ1) is 12.4. The zero-order chi connectivity index (χ0) is 13.2. The van der Waals surface area contributed by atoms with E-state index in [2.05, 4.69) is 55.3 Å². The van der Waals surface area contributed by atoms with Gasteiger partial charge in [0.15, 0.2) is 0 Å². The summed E-state index contributed by atoms with van der Waals surface area (Å²) in [5.41, 5.74) is 9.04. The predicted molar refractivity (Wildman–Crippen MR) is 77.1 cm³/mol. The zero-order valence-corrected chi connectivity index (χ0v) is 11.1. The molecule has 0 aliphatic carbocycles. The van der Waals surface area contributed by atoms with Crippen molar-refractivity contribution in [1.82, 2.24) is 4.98 Å². The van der Waals surface area contributed by atoms with Gasteiger partial charge in [-0.3, -0.25) is 0 Å². The summed E-state index contributed by atoms with van der Waals surface area (Å²) in [5, 5.41) is 3.29. The van der Waals surface area contributed by atoms with E-state index in [-0.39, 0.29) is 5.41 Å². The first-order valence-corrected chi connectivity index (χ1v) is 6.04. The van der Waals surface area contributed by atoms with Gasteiger partial charge >= 0.3 is 0 Å². The number of rotatable bonds is 2. The van der Waals surface area contributed by atoms with Crippen molar-refractivity contribution in [2.75, 3.05) is 11.1 Å². The van der Waals surface area contributed by atoms with Crippen LogP contribution in [0.15, 0.2) is 42.6 Å². The number of benzene rings is 1. The molecule has 3 heteroatoms. The molecular weight excluding hydrogens is 222 g/mol. The van der Waals surface area contributed by atoms with Crippen molar-refractivity contribution >= 4 is 17.2 Å². The average Bonchev–Trinajstić information content (AvgIpc) is 2.32. The number of nitrogens with two attached hydrogens (primary N) is 1. The maximum absolute atomic E-state index is 5.55. The van der Waals surface area contributed by atoms with Crippen LogP contribution in [-0.2, 0) is 5.41 Å². The fourth-order valence-corrected chi connectivity index (χ4v) is 1.70. The monoisotopic (exact) mass is 241 g/mol. The van der Waals surface area contributed by atoms with Gasteiger partial charge in [0.05, 0.1) is 11.9 Å². The van der Waals surface area contributed by atoms with Crippen LogP contribution in [0.2, 0.25) is 0 Å². The van der Waals surface area contributed by atoms with Crippen LogP contribution >= 0.6 is 0 Å². The standard InChI is InChI=1S/C15H19N3/c1-15(2,3)11-4-6-12(7-5-11)18-13-8-9-14(16)17-10-13/h4-10,18H,1-3H3,(H2,16,17). The molecule has 0 unspecified atom stereocenters. The summed E-state index contributed by atoms with van der Waals surface area (Å²) in [4.78, 5) is 4.05. The Morgan fingerprint density at radius 3 is 2.06 bits per heavy atom. The van der Waals surface area contributed by atoms with Crippen LogP contribution in [0.4, 0.5) is 17.2 Å². The van der Waals surface area contributed by atoms with Crippen LogP contribution in [0.25, 0.3) is 0 Å². The SMILES string of the molecule is CC(C)(C)c1ccc(Nc2ccc(N)nc2)cc1. The second-order valence-electron chi connectivity index (χ2n) is 5.42. The summed E-state index contributed by atoms with van der Waals surface area (Å²) in [5.74, 6) is 0.531. The molecule has 3 nitrogen and oxygen atoms in total. The van der Waals surface area contributed by atoms with Gasteiger partial charge in [-0.15, -0.1) is 0 Å². The van der Waals surface area contributed by atoms with Gasteiger partial charge in [-0.1, -0.05) is 32.9 Å². The lowest BCUT2D eigenvalue weighted by molar-refractivity contribution is 0.590. The van der Waals surface area contributed by atoms with Crippen molar-refractivity contribution in [3.63, 3.8) is 0 Å². The van der Waals surface area contributed by atoms with Crippen LogP contribution in [0.1, 0.15) is 26.3 Å². The third kappa shape index (κ3) is 3.00. The van der Waals surface area contributed by atoms with E-state index in [0.717, 1.165) is 11.4 Å². The van der Waals surface area contributed by atoms with Crippen LogP contribution in [0, 0.1) is 0 Å². The number of hydrogen-bond acceptors (Lipinski definition) is 3. The quantitative estimate of drug-likeness (QED) is 0.842. The van der Waals surface area contributed by atoms with E-state index in [0.29, 0.717) is 5.82 Å². The van der Waals surface area contributed by atoms with Gasteiger partial charge in [-0.2, -0.15) is 0 Å². The normalized spacial score (nSPS) is 11.3. The van der Waals surface area contributed by atoms with Crippen LogP contribution < -0.4 is 11.1 Å². The van der Waals surface area contributed by atoms with Gasteiger partial charge in [0.1, 0.15) is 5.82 Å². The average molecular weight is 241 g/mol. The number of aromatic nitrogens is 1. The largest absolute Gasteiger partial charge is 0.384 e. The number of nitrogens with one attached hydrogen (secondary N) is 1. The Hall–Kier alpha value is -2.03. The van der Waals surface area contributed by atoms with Crippen LogP contribution in [0.3, 0.4) is 0 Å². The van der Waals surface area contributed by atoms with E-state index in [1.54, 1.807) is 12.3 Å². The van der Waals surface area contributed by atoms with E-state index < -0.39 is 0 Å². The van der Waals surface area contributed by atoms with Crippen molar-refractivity contribution in [3.8, 4) is 0 Å². The number of nitrogens with zero attached hydrogens (tertiary/aromatic N) is 1. The Morgan fingerprint density at radius 2 is 1.56 bits per heavy atom. The molecular formula is C15H19N3. The van der Waals surface area contributed by atoms with Gasteiger partial charge in [-0.05, 0) is 35.2 Å². The Labute approximate surface area is 108 Å². The fraction of sp³-hybridized carbons (Fsp3) is 0.267. The Bertz CT molecular complexity index is 507. The first-order valence-electron chi connectivity index (χ1n) is 6.04. The van der Waals surface area contributed by atoms with Crippen molar-refractivity contribution in [1.29, 1.82) is 0 Å². The summed E-state index contributed by atoms with van der Waals surface area (Å²) in [6, 6.07) is 12.2. The zero-order valence-electron chi connectivity index (χ0n) is 11.1. The second kappa shape index (κ2) is 4.69. The smallest absolute Gasteiger partial charge is 0.123 e. The minimum absolute atomic E-state index is 0.182. The van der Waals surface area contributed by atoms with E-state index in [4.69, 9.17) is 5.73 Å². The van der Waals surface area contributed by atoms with Gasteiger partial charge in [0.2, 0.25) is 0 Å². The molecule has 94 valence electrons. The molecule has 1 heterocycles. The van der Waals surface area contributed by atoms with Crippen LogP contribution in [0.5, 0.6) is 0 Å². The second-order valence-corrected chi connectivity index (χ2v) is 5.42. The summed E-state index contributed by atoms with van der Waals surface area (Å²) in [6.07, 6.45) is 1.73. The molecule has 0 spiro atoms. The lowest BCUT2D eigenvalue weighted by Gasteiger charge is -2.19. The minimum Gasteiger partial charge on any atom is -0.384 e. The predicted octanol–water partition coefficient (Wildman–Crippen LogP) is 3.70. The first-order chi connectivity index (χ1) is 8.45. The Morgan fingerprint density at radius 1 is 0.944 bits per heavy atom. The number of nitrogen functional groups attached to an aromatic ring is 1. The van der Waals surface area contributed by atoms with Crippen molar-refractivity contribution in [2.45, 2.75) is 26.2 Å². The molecule has 2 aromatic rings. The van der Waals surface area contributed by atoms with Gasteiger partial charge in [-0.25, -0.2) is 4.98 Å². The lowest BCUT2D eigenvalue weighted by Crippen LogP contribution is -2.10. The molecule has 2 rings (SSSR count). The van der Waals surface area contributed by atoms with E-state index in [1.165, 1.54) is 5.56 Å². The number of hydrogen-bond donors (Lipinski definition) is 2. The molecule has 0 aliphatic heterocycles. The summed E-state index contributed by atoms with van der Waals surface area (Å²) in [7, 11) is 0. The molecule has 0 aliphatic rings. The van der Waals surface area contributed by atoms with E-state index >= 15 is 0 Å². The molecule has 0 radical (unpaired) electrons. The van der Waals surface area contributed by atoms with Crippen molar-refractivity contribution < 1.29 is 0 Å². The number of anilines is 3. The molecule has 1 aromatic heterocycles. The van der Waals surface area contributed by atoms with Gasteiger partial charge < -0.3 is 11.1 Å². The maximum atomic E-state index is 5.55. The van der Waals surface area contributed by atoms with Gasteiger partial charge in [0.25, 0.3) is 0 Å². The molecule has 3 N–H and O–H groups in total. The van der Waals surface area contributed by atoms with Crippen molar-refractivity contribution in [3.05, 3.63) is 48.2 Å². The highest BCUT2D eigenvalue weighted by atomic mass is 14.9. The summed E-state index contributed by atoms with van der Waals surface area (Å²) < 4.78 is 0. The van der Waals surface area contributed by atoms with Crippen molar-refractivity contribution in [2.24, 2.45) is 0 Å². The highest BCUT2D eigenvalue weighted by Crippen LogP contribution is 2.24. The van der Waals surface area contributed by atoms with E-state index in [1.807, 2.05) is 6.07 Å². The molecule has 18 heavy (non-hydrogen) atoms. The lowest BCUT2D eigenvalue weighted by atomic mass is 9.87. The molecule has 0 saturated carbocycles. The molecule has 0 saturated heterocycles. The third-order valence-electron chi connectivity index (χ3n) is 2.83. The molecule has 0 fully saturated rings. The highest BCUT2D eigenvalue weighted by molar-refractivity contribution is 5.60. The Balaban J connectivity index is 2.13. The molecule has 0 bridgehead atoms. The summed E-state index contributed by atoms with van der Waals surface area (Å²) >= 11 is 0. The molecule has 1 aromatic carbocycles. The number of pyridine rings is 1. The third-order valence-corrected chi connectivity index (χ3v) is 2.83. The highest BCUT2D eigenvalue weighted by Gasteiger charge is 2.12. The fourth-order valence-electron chi connectivity index (χ4n) is 1.70.